The number of nitrogens with one attached hydrogen (secondary N) is 2. The number of ether oxygens (including phenoxy) is 1. The Balaban J connectivity index is 2.28. The van der Waals surface area contributed by atoms with Crippen LogP contribution in [0.3, 0.4) is 0 Å². The molecule has 1 aromatic carbocycles. The predicted molar refractivity (Wildman–Crippen MR) is 90.7 cm³/mol. The van der Waals surface area contributed by atoms with E-state index >= 15 is 0 Å². The highest BCUT2D eigenvalue weighted by Gasteiger charge is 2.11. The minimum atomic E-state index is -0.224. The monoisotopic (exact) mass is 334 g/mol. The zero-order valence-corrected chi connectivity index (χ0v) is 14.1. The van der Waals surface area contributed by atoms with Crippen LogP contribution in [0.2, 0.25) is 5.02 Å². The summed E-state index contributed by atoms with van der Waals surface area (Å²) in [5.41, 5.74) is 0.979. The number of anilines is 2. The summed E-state index contributed by atoms with van der Waals surface area (Å²) in [4.78, 5) is 20.5. The van der Waals surface area contributed by atoms with E-state index in [1.165, 1.54) is 0 Å². The van der Waals surface area contributed by atoms with Crippen LogP contribution >= 0.6 is 11.6 Å². The number of rotatable bonds is 6. The fourth-order valence-electron chi connectivity index (χ4n) is 1.99. The summed E-state index contributed by atoms with van der Waals surface area (Å²) >= 11 is 6.02. The lowest BCUT2D eigenvalue weighted by Crippen LogP contribution is -2.25. The molecule has 0 unspecified atom stereocenters. The Hall–Kier alpha value is -2.34. The first-order valence-corrected chi connectivity index (χ1v) is 7.65. The molecule has 23 heavy (non-hydrogen) atoms. The Kier molecular flexibility index (Phi) is 5.76. The van der Waals surface area contributed by atoms with E-state index in [0.29, 0.717) is 40.3 Å². The molecule has 2 N–H and O–H groups in total. The molecular weight excluding hydrogens is 316 g/mol. The Morgan fingerprint density at radius 3 is 2.78 bits per heavy atom. The number of aryl methyl sites for hydroxylation is 1. The van der Waals surface area contributed by atoms with Crippen molar-refractivity contribution in [1.82, 2.24) is 15.3 Å². The van der Waals surface area contributed by atoms with Gasteiger partial charge in [-0.2, -0.15) is 0 Å². The molecule has 1 heterocycles. The SMILES string of the molecule is CCCNC(=O)c1cc(Nc2cc(Cl)ccc2OC)nc(C)n1. The molecule has 6 nitrogen and oxygen atoms in total. The summed E-state index contributed by atoms with van der Waals surface area (Å²) in [7, 11) is 1.57. The number of amides is 1. The van der Waals surface area contributed by atoms with Gasteiger partial charge in [-0.1, -0.05) is 18.5 Å². The summed E-state index contributed by atoms with van der Waals surface area (Å²) in [6, 6.07) is 6.82. The Labute approximate surface area is 140 Å². The number of carbonyl (C=O) groups excluding carboxylic acids is 1. The van der Waals surface area contributed by atoms with Crippen molar-refractivity contribution < 1.29 is 9.53 Å². The van der Waals surface area contributed by atoms with Crippen molar-refractivity contribution in [2.45, 2.75) is 20.3 Å². The topological polar surface area (TPSA) is 76.1 Å². The average Bonchev–Trinajstić information content (AvgIpc) is 2.52. The van der Waals surface area contributed by atoms with Gasteiger partial charge >= 0.3 is 0 Å². The maximum Gasteiger partial charge on any atom is 0.270 e. The summed E-state index contributed by atoms with van der Waals surface area (Å²) in [6.07, 6.45) is 0.862. The number of aromatic nitrogens is 2. The lowest BCUT2D eigenvalue weighted by molar-refractivity contribution is 0.0948. The number of hydrogen-bond donors (Lipinski definition) is 2. The number of hydrogen-bond acceptors (Lipinski definition) is 5. The lowest BCUT2D eigenvalue weighted by Gasteiger charge is -2.12. The highest BCUT2D eigenvalue weighted by molar-refractivity contribution is 6.31. The predicted octanol–water partition coefficient (Wildman–Crippen LogP) is 3.33. The second-order valence-corrected chi connectivity index (χ2v) is 5.35. The van der Waals surface area contributed by atoms with Gasteiger partial charge in [-0.3, -0.25) is 4.79 Å². The molecule has 0 aliphatic heterocycles. The Morgan fingerprint density at radius 1 is 1.30 bits per heavy atom. The standard InChI is InChI=1S/C16H19ClN4O2/c1-4-7-18-16(22)13-9-15(20-10(2)19-13)21-12-8-11(17)5-6-14(12)23-3/h5-6,8-9H,4,7H2,1-3H3,(H,18,22)(H,19,20,21). The summed E-state index contributed by atoms with van der Waals surface area (Å²) in [6.45, 7) is 4.33. The molecule has 0 spiro atoms. The quantitative estimate of drug-likeness (QED) is 0.847. The third-order valence-electron chi connectivity index (χ3n) is 3.03. The molecule has 0 radical (unpaired) electrons. The maximum atomic E-state index is 12.1. The van der Waals surface area contributed by atoms with Crippen molar-refractivity contribution >= 4 is 29.0 Å². The van der Waals surface area contributed by atoms with Crippen LogP contribution in [0, 0.1) is 6.92 Å². The van der Waals surface area contributed by atoms with Crippen LogP contribution in [0.25, 0.3) is 0 Å². The van der Waals surface area contributed by atoms with Gasteiger partial charge in [-0.25, -0.2) is 9.97 Å². The van der Waals surface area contributed by atoms with Gasteiger partial charge in [0.2, 0.25) is 0 Å². The second kappa shape index (κ2) is 7.78. The number of carbonyl (C=O) groups is 1. The maximum absolute atomic E-state index is 12.1. The largest absolute Gasteiger partial charge is 0.495 e. The number of nitrogens with zero attached hydrogens (tertiary/aromatic N) is 2. The van der Waals surface area contributed by atoms with Crippen LogP contribution in [0.15, 0.2) is 24.3 Å². The molecule has 0 bridgehead atoms. The van der Waals surface area contributed by atoms with E-state index in [1.807, 2.05) is 6.92 Å². The molecule has 2 aromatic rings. The molecule has 0 atom stereocenters. The minimum absolute atomic E-state index is 0.224. The van der Waals surface area contributed by atoms with Crippen molar-refractivity contribution in [2.24, 2.45) is 0 Å². The van der Waals surface area contributed by atoms with Gasteiger partial charge in [0, 0.05) is 17.6 Å². The van der Waals surface area contributed by atoms with Crippen molar-refractivity contribution in [3.63, 3.8) is 0 Å². The molecule has 0 aliphatic carbocycles. The minimum Gasteiger partial charge on any atom is -0.495 e. The zero-order chi connectivity index (χ0) is 16.8. The van der Waals surface area contributed by atoms with Gasteiger partial charge in [0.15, 0.2) is 0 Å². The zero-order valence-electron chi connectivity index (χ0n) is 13.3. The lowest BCUT2D eigenvalue weighted by atomic mass is 10.2. The smallest absolute Gasteiger partial charge is 0.270 e. The number of benzene rings is 1. The molecule has 7 heteroatoms. The van der Waals surface area contributed by atoms with Gasteiger partial charge in [-0.15, -0.1) is 0 Å². The van der Waals surface area contributed by atoms with E-state index in [1.54, 1.807) is 38.3 Å². The molecule has 122 valence electrons. The van der Waals surface area contributed by atoms with E-state index in [-0.39, 0.29) is 5.91 Å². The molecule has 0 aliphatic rings. The van der Waals surface area contributed by atoms with Gasteiger partial charge in [0.25, 0.3) is 5.91 Å². The molecule has 1 aromatic heterocycles. The van der Waals surface area contributed by atoms with Gasteiger partial charge < -0.3 is 15.4 Å². The first-order valence-electron chi connectivity index (χ1n) is 7.28. The highest BCUT2D eigenvalue weighted by Crippen LogP contribution is 2.30. The fourth-order valence-corrected chi connectivity index (χ4v) is 2.17. The van der Waals surface area contributed by atoms with Gasteiger partial charge in [-0.05, 0) is 31.5 Å². The fraction of sp³-hybridized carbons (Fsp3) is 0.312. The van der Waals surface area contributed by atoms with Crippen LogP contribution in [0.1, 0.15) is 29.7 Å². The Bertz CT molecular complexity index is 706. The number of halogens is 1. The molecular formula is C16H19ClN4O2. The molecule has 0 saturated carbocycles. The first-order chi connectivity index (χ1) is 11.0. The van der Waals surface area contributed by atoms with Crippen LogP contribution in [0.5, 0.6) is 5.75 Å². The Morgan fingerprint density at radius 2 is 2.09 bits per heavy atom. The molecule has 0 fully saturated rings. The second-order valence-electron chi connectivity index (χ2n) is 4.91. The van der Waals surface area contributed by atoms with Crippen molar-refractivity contribution in [2.75, 3.05) is 19.0 Å². The molecule has 2 rings (SSSR count). The van der Waals surface area contributed by atoms with E-state index in [2.05, 4.69) is 20.6 Å². The van der Waals surface area contributed by atoms with E-state index in [9.17, 15) is 4.79 Å². The van der Waals surface area contributed by atoms with Crippen molar-refractivity contribution in [3.8, 4) is 5.75 Å². The van der Waals surface area contributed by atoms with E-state index < -0.39 is 0 Å². The first kappa shape index (κ1) is 17.0. The van der Waals surface area contributed by atoms with E-state index in [4.69, 9.17) is 16.3 Å². The third-order valence-corrected chi connectivity index (χ3v) is 3.27. The van der Waals surface area contributed by atoms with E-state index in [0.717, 1.165) is 6.42 Å². The van der Waals surface area contributed by atoms with Crippen LogP contribution in [-0.4, -0.2) is 29.5 Å². The van der Waals surface area contributed by atoms with Crippen LogP contribution in [-0.2, 0) is 0 Å². The third kappa shape index (κ3) is 4.56. The van der Waals surface area contributed by atoms with Gasteiger partial charge in [0.1, 0.15) is 23.1 Å². The average molecular weight is 335 g/mol. The van der Waals surface area contributed by atoms with Crippen molar-refractivity contribution in [3.05, 3.63) is 40.8 Å². The van der Waals surface area contributed by atoms with Crippen molar-refractivity contribution in [1.29, 1.82) is 0 Å². The van der Waals surface area contributed by atoms with Crippen LogP contribution < -0.4 is 15.4 Å². The summed E-state index contributed by atoms with van der Waals surface area (Å²) in [5.74, 6) is 1.40. The number of methoxy groups -OCH3 is 1. The summed E-state index contributed by atoms with van der Waals surface area (Å²) < 4.78 is 5.29. The van der Waals surface area contributed by atoms with Crippen LogP contribution in [0.4, 0.5) is 11.5 Å². The molecule has 1 amide bonds. The summed E-state index contributed by atoms with van der Waals surface area (Å²) in [5, 5.41) is 6.48. The molecule has 0 saturated heterocycles. The highest BCUT2D eigenvalue weighted by atomic mass is 35.5. The van der Waals surface area contributed by atoms with Gasteiger partial charge in [0.05, 0.1) is 12.8 Å². The normalized spacial score (nSPS) is 10.3.